The van der Waals surface area contributed by atoms with Crippen molar-refractivity contribution < 1.29 is 14.3 Å². The summed E-state index contributed by atoms with van der Waals surface area (Å²) in [7, 11) is 1.81. The fraction of sp³-hybridized carbons (Fsp3) is 0.412. The van der Waals surface area contributed by atoms with Crippen LogP contribution in [-0.4, -0.2) is 36.1 Å². The Morgan fingerprint density at radius 2 is 2.04 bits per heavy atom. The Bertz CT molecular complexity index is 698. The molecule has 0 bridgehead atoms. The molecule has 5 nitrogen and oxygen atoms in total. The lowest BCUT2D eigenvalue weighted by Crippen LogP contribution is -2.41. The van der Waals surface area contributed by atoms with Gasteiger partial charge in [0.05, 0.1) is 23.2 Å². The number of thiazole rings is 1. The average molecular weight is 332 g/mol. The number of fused-ring (bicyclic) bond motifs is 1. The van der Waals surface area contributed by atoms with Gasteiger partial charge in [-0.25, -0.2) is 4.98 Å². The van der Waals surface area contributed by atoms with Crippen molar-refractivity contribution in [3.8, 4) is 11.5 Å². The molecule has 3 rings (SSSR count). The minimum absolute atomic E-state index is 0.0437. The second-order valence-corrected chi connectivity index (χ2v) is 6.84. The summed E-state index contributed by atoms with van der Waals surface area (Å²) in [4.78, 5) is 18.8. The van der Waals surface area contributed by atoms with E-state index in [0.717, 1.165) is 17.0 Å². The predicted molar refractivity (Wildman–Crippen MR) is 89.0 cm³/mol. The van der Waals surface area contributed by atoms with Crippen LogP contribution < -0.4 is 9.47 Å². The second kappa shape index (κ2) is 6.20. The van der Waals surface area contributed by atoms with Crippen LogP contribution in [-0.2, 0) is 16.8 Å². The number of aromatic nitrogens is 1. The van der Waals surface area contributed by atoms with Gasteiger partial charge in [-0.05, 0) is 31.5 Å². The van der Waals surface area contributed by atoms with Crippen LogP contribution in [0.15, 0.2) is 29.1 Å². The molecule has 122 valence electrons. The summed E-state index contributed by atoms with van der Waals surface area (Å²) in [6.07, 6.45) is 0. The normalized spacial score (nSPS) is 13.7. The molecule has 6 heteroatoms. The summed E-state index contributed by atoms with van der Waals surface area (Å²) in [6, 6.07) is 5.71. The van der Waals surface area contributed by atoms with Gasteiger partial charge in [-0.2, -0.15) is 0 Å². The van der Waals surface area contributed by atoms with Gasteiger partial charge in [0.2, 0.25) is 5.91 Å². The highest BCUT2D eigenvalue weighted by molar-refractivity contribution is 7.07. The van der Waals surface area contributed by atoms with Gasteiger partial charge in [0.15, 0.2) is 11.5 Å². The monoisotopic (exact) mass is 332 g/mol. The maximum absolute atomic E-state index is 12.9. The fourth-order valence-electron chi connectivity index (χ4n) is 2.66. The molecule has 1 amide bonds. The van der Waals surface area contributed by atoms with Crippen molar-refractivity contribution >= 4 is 17.2 Å². The average Bonchev–Trinajstić information content (AvgIpc) is 3.06. The largest absolute Gasteiger partial charge is 0.486 e. The van der Waals surface area contributed by atoms with Crippen LogP contribution in [0.1, 0.15) is 25.1 Å². The number of carbonyl (C=O) groups excluding carboxylic acids is 1. The Balaban J connectivity index is 1.80. The highest BCUT2D eigenvalue weighted by atomic mass is 32.1. The molecule has 0 unspecified atom stereocenters. The van der Waals surface area contributed by atoms with E-state index in [1.54, 1.807) is 17.5 Å². The van der Waals surface area contributed by atoms with E-state index in [9.17, 15) is 4.79 Å². The van der Waals surface area contributed by atoms with Crippen LogP contribution in [0.4, 0.5) is 0 Å². The number of nitrogens with zero attached hydrogens (tertiary/aromatic N) is 2. The Labute approximate surface area is 139 Å². The summed E-state index contributed by atoms with van der Waals surface area (Å²) in [5, 5.41) is 1.96. The molecule has 1 aliphatic rings. The van der Waals surface area contributed by atoms with Gasteiger partial charge >= 0.3 is 0 Å². The van der Waals surface area contributed by atoms with Crippen molar-refractivity contribution in [1.29, 1.82) is 0 Å². The first-order valence-electron chi connectivity index (χ1n) is 7.51. The molecule has 0 saturated heterocycles. The Hall–Kier alpha value is -2.08. The smallest absolute Gasteiger partial charge is 0.232 e. The molecule has 1 aromatic carbocycles. The van der Waals surface area contributed by atoms with Crippen molar-refractivity contribution in [2.75, 3.05) is 20.3 Å². The topological polar surface area (TPSA) is 51.7 Å². The van der Waals surface area contributed by atoms with E-state index >= 15 is 0 Å². The first-order chi connectivity index (χ1) is 11.0. The van der Waals surface area contributed by atoms with Crippen molar-refractivity contribution in [1.82, 2.24) is 9.88 Å². The summed E-state index contributed by atoms with van der Waals surface area (Å²) in [5.41, 5.74) is 2.95. The van der Waals surface area contributed by atoms with E-state index in [2.05, 4.69) is 4.98 Å². The number of ether oxygens (including phenoxy) is 2. The molecule has 0 spiro atoms. The molecule has 0 aliphatic carbocycles. The fourth-order valence-corrected chi connectivity index (χ4v) is 3.21. The van der Waals surface area contributed by atoms with Gasteiger partial charge in [0.1, 0.15) is 13.2 Å². The molecule has 23 heavy (non-hydrogen) atoms. The van der Waals surface area contributed by atoms with E-state index in [0.29, 0.717) is 25.5 Å². The Morgan fingerprint density at radius 1 is 1.30 bits per heavy atom. The Morgan fingerprint density at radius 3 is 2.74 bits per heavy atom. The van der Waals surface area contributed by atoms with E-state index in [1.165, 1.54) is 11.3 Å². The first kappa shape index (κ1) is 15.8. The molecular weight excluding hydrogens is 312 g/mol. The third-order valence-corrected chi connectivity index (χ3v) is 4.66. The summed E-state index contributed by atoms with van der Waals surface area (Å²) < 4.78 is 11.2. The lowest BCUT2D eigenvalue weighted by atomic mass is 9.83. The number of benzene rings is 1. The van der Waals surface area contributed by atoms with Gasteiger partial charge in [0, 0.05) is 12.4 Å². The van der Waals surface area contributed by atoms with E-state index < -0.39 is 5.41 Å². The molecule has 0 atom stereocenters. The molecule has 0 N–H and O–H groups in total. The lowest BCUT2D eigenvalue weighted by Gasteiger charge is -2.30. The first-order valence-corrected chi connectivity index (χ1v) is 8.45. The highest BCUT2D eigenvalue weighted by Crippen LogP contribution is 2.36. The molecule has 1 aromatic heterocycles. The van der Waals surface area contributed by atoms with Gasteiger partial charge in [-0.3, -0.25) is 4.79 Å². The third kappa shape index (κ3) is 3.17. The number of rotatable bonds is 4. The SMILES string of the molecule is CN(Cc1cscn1)C(=O)C(C)(C)c1ccc2c(c1)OCCO2. The van der Waals surface area contributed by atoms with Crippen molar-refractivity contribution in [3.63, 3.8) is 0 Å². The maximum atomic E-state index is 12.9. The van der Waals surface area contributed by atoms with E-state index in [4.69, 9.17) is 9.47 Å². The molecule has 1 aliphatic heterocycles. The summed E-state index contributed by atoms with van der Waals surface area (Å²) in [5.74, 6) is 1.48. The summed E-state index contributed by atoms with van der Waals surface area (Å²) >= 11 is 1.53. The van der Waals surface area contributed by atoms with Crippen LogP contribution in [0.25, 0.3) is 0 Å². The number of amides is 1. The van der Waals surface area contributed by atoms with Crippen LogP contribution >= 0.6 is 11.3 Å². The van der Waals surface area contributed by atoms with E-state index in [1.807, 2.05) is 37.4 Å². The second-order valence-electron chi connectivity index (χ2n) is 6.12. The zero-order valence-corrected chi connectivity index (χ0v) is 14.4. The molecule has 0 fully saturated rings. The molecule has 0 radical (unpaired) electrons. The number of hydrogen-bond donors (Lipinski definition) is 0. The third-order valence-electron chi connectivity index (χ3n) is 4.03. The van der Waals surface area contributed by atoms with Crippen molar-refractivity contribution in [2.24, 2.45) is 0 Å². The molecule has 2 aromatic rings. The minimum atomic E-state index is -0.652. The van der Waals surface area contributed by atoms with Crippen LogP contribution in [0.5, 0.6) is 11.5 Å². The predicted octanol–water partition coefficient (Wildman–Crippen LogP) is 2.85. The minimum Gasteiger partial charge on any atom is -0.486 e. The van der Waals surface area contributed by atoms with Crippen molar-refractivity contribution in [2.45, 2.75) is 25.8 Å². The number of likely N-dealkylation sites (N-methyl/N-ethyl adjacent to an activating group) is 1. The van der Waals surface area contributed by atoms with Gasteiger partial charge in [-0.1, -0.05) is 6.07 Å². The van der Waals surface area contributed by atoms with Gasteiger partial charge in [0.25, 0.3) is 0 Å². The standard InChI is InChI=1S/C17H20N2O3S/c1-17(2,16(20)19(3)9-13-10-23-11-18-13)12-4-5-14-15(8-12)22-7-6-21-14/h4-5,8,10-11H,6-7,9H2,1-3H3. The summed E-state index contributed by atoms with van der Waals surface area (Å²) in [6.45, 7) is 5.46. The van der Waals surface area contributed by atoms with Crippen LogP contribution in [0, 0.1) is 0 Å². The number of hydrogen-bond acceptors (Lipinski definition) is 5. The van der Waals surface area contributed by atoms with Crippen LogP contribution in [0.3, 0.4) is 0 Å². The lowest BCUT2D eigenvalue weighted by molar-refractivity contribution is -0.135. The number of carbonyl (C=O) groups is 1. The zero-order chi connectivity index (χ0) is 16.4. The maximum Gasteiger partial charge on any atom is 0.232 e. The van der Waals surface area contributed by atoms with Crippen LogP contribution in [0.2, 0.25) is 0 Å². The van der Waals surface area contributed by atoms with Gasteiger partial charge < -0.3 is 14.4 Å². The highest BCUT2D eigenvalue weighted by Gasteiger charge is 2.33. The van der Waals surface area contributed by atoms with Crippen molar-refractivity contribution in [3.05, 3.63) is 40.3 Å². The molecular formula is C17H20N2O3S. The molecule has 0 saturated carbocycles. The quantitative estimate of drug-likeness (QED) is 0.864. The van der Waals surface area contributed by atoms with Gasteiger partial charge in [-0.15, -0.1) is 11.3 Å². The zero-order valence-electron chi connectivity index (χ0n) is 13.5. The molecule has 2 heterocycles. The Kier molecular flexibility index (Phi) is 4.26. The van der Waals surface area contributed by atoms with E-state index in [-0.39, 0.29) is 5.91 Å².